The minimum Gasteiger partial charge on any atom is -0.445 e. The van der Waals surface area contributed by atoms with Gasteiger partial charge in [-0.2, -0.15) is 4.99 Å². The number of hydrogen-bond acceptors (Lipinski definition) is 2. The number of nitrogens with zero attached hydrogens (tertiary/aromatic N) is 1. The quantitative estimate of drug-likeness (QED) is 0.438. The molecule has 3 nitrogen and oxygen atoms in total. The lowest BCUT2D eigenvalue weighted by atomic mass is 10.5. The topological polar surface area (TPSA) is 38.7 Å². The van der Waals surface area contributed by atoms with E-state index >= 15 is 0 Å². The van der Waals surface area contributed by atoms with Crippen molar-refractivity contribution in [2.24, 2.45) is 4.99 Å². The molecule has 0 saturated heterocycles. The second-order valence-corrected chi connectivity index (χ2v) is 4.35. The number of alkyl halides is 1. The fourth-order valence-corrected chi connectivity index (χ4v) is 0.556. The van der Waals surface area contributed by atoms with E-state index in [1.54, 1.807) is 20.1 Å². The molecule has 0 aliphatic carbocycles. The Morgan fingerprint density at radius 1 is 1.55 bits per heavy atom. The molecule has 0 unspecified atom stereocenters. The van der Waals surface area contributed by atoms with Crippen molar-refractivity contribution in [3.63, 3.8) is 0 Å². The summed E-state index contributed by atoms with van der Waals surface area (Å²) in [6.45, 7) is 5.52. The number of hydrogen-bond donors (Lipinski definition) is 0. The molecule has 11 heavy (non-hydrogen) atoms. The Morgan fingerprint density at radius 2 is 2.09 bits per heavy atom. The van der Waals surface area contributed by atoms with E-state index < -0.39 is 6.09 Å². The van der Waals surface area contributed by atoms with Gasteiger partial charge >= 0.3 is 6.09 Å². The Balaban J connectivity index is 3.69. The number of carbonyl (C=O) groups is 1. The predicted octanol–water partition coefficient (Wildman–Crippen LogP) is 2.43. The molecule has 0 fully saturated rings. The molecule has 0 aliphatic heterocycles. The summed E-state index contributed by atoms with van der Waals surface area (Å²) < 4.78 is 5.02. The van der Waals surface area contributed by atoms with Gasteiger partial charge in [-0.15, -0.1) is 0 Å². The highest BCUT2D eigenvalue weighted by Gasteiger charge is 2.01. The summed E-state index contributed by atoms with van der Waals surface area (Å²) >= 11 is 2.15. The molecular formula is C7H12INO2. The first-order chi connectivity index (χ1) is 5.02. The van der Waals surface area contributed by atoms with Crippen molar-refractivity contribution >= 4 is 34.9 Å². The van der Waals surface area contributed by atoms with Crippen molar-refractivity contribution in [3.8, 4) is 0 Å². The average molecular weight is 269 g/mol. The van der Waals surface area contributed by atoms with Crippen molar-refractivity contribution in [2.45, 2.75) is 30.8 Å². The van der Waals surface area contributed by atoms with Crippen LogP contribution in [0.5, 0.6) is 0 Å². The molecule has 0 bridgehead atoms. The largest absolute Gasteiger partial charge is 0.445 e. The molecule has 64 valence electrons. The number of amides is 1. The molecule has 0 heterocycles. The first-order valence-corrected chi connectivity index (χ1v) is 4.65. The van der Waals surface area contributed by atoms with E-state index in [-0.39, 0.29) is 10.0 Å². The van der Waals surface area contributed by atoms with Crippen LogP contribution in [0.3, 0.4) is 0 Å². The fourth-order valence-electron chi connectivity index (χ4n) is 0.396. The smallest absolute Gasteiger partial charge is 0.433 e. The molecule has 0 rings (SSSR count). The summed E-state index contributed by atoms with van der Waals surface area (Å²) in [6.07, 6.45) is 0.957. The molecule has 0 aromatic heterocycles. The maximum absolute atomic E-state index is 10.7. The fraction of sp³-hybridized carbons (Fsp3) is 0.714. The van der Waals surface area contributed by atoms with Crippen LogP contribution in [0.15, 0.2) is 4.99 Å². The van der Waals surface area contributed by atoms with E-state index in [1.807, 2.05) is 6.92 Å². The Bertz CT molecular complexity index is 155. The monoisotopic (exact) mass is 269 g/mol. The number of aliphatic imine (C=N–C) groups is 1. The second kappa shape index (κ2) is 5.51. The lowest BCUT2D eigenvalue weighted by Crippen LogP contribution is -2.08. The Kier molecular flexibility index (Phi) is 5.45. The van der Waals surface area contributed by atoms with Crippen LogP contribution in [0.4, 0.5) is 4.79 Å². The second-order valence-electron chi connectivity index (χ2n) is 2.39. The van der Waals surface area contributed by atoms with E-state index in [0.29, 0.717) is 0 Å². The summed E-state index contributed by atoms with van der Waals surface area (Å²) in [7, 11) is 0. The standard InChI is InChI=1S/C7H12INO2/c1-5(2)11-7(10)9-4-6(3)8/h4-6H,1-3H3/t6-/m1/s1. The van der Waals surface area contributed by atoms with Crippen molar-refractivity contribution in [2.75, 3.05) is 0 Å². The SMILES string of the molecule is CC(C)OC(=O)N=C[C@@H](C)I. The highest BCUT2D eigenvalue weighted by atomic mass is 127. The van der Waals surface area contributed by atoms with Gasteiger partial charge < -0.3 is 4.74 Å². The van der Waals surface area contributed by atoms with Gasteiger partial charge in [-0.25, -0.2) is 4.79 Å². The van der Waals surface area contributed by atoms with Gasteiger partial charge in [0, 0.05) is 10.1 Å². The Labute approximate surface area is 80.4 Å². The molecular weight excluding hydrogens is 257 g/mol. The Hall–Kier alpha value is -0.130. The van der Waals surface area contributed by atoms with Crippen LogP contribution in [0.2, 0.25) is 0 Å². The normalized spacial score (nSPS) is 13.9. The van der Waals surface area contributed by atoms with Crippen LogP contribution < -0.4 is 0 Å². The molecule has 4 heteroatoms. The molecule has 1 atom stereocenters. The summed E-state index contributed by atoms with van der Waals surface area (Å²) in [5.41, 5.74) is 0. The van der Waals surface area contributed by atoms with Gasteiger partial charge in [-0.05, 0) is 20.8 Å². The molecule has 1 amide bonds. The van der Waals surface area contributed by atoms with Gasteiger partial charge in [-0.3, -0.25) is 0 Å². The van der Waals surface area contributed by atoms with E-state index in [0.717, 1.165) is 0 Å². The minimum atomic E-state index is -0.511. The van der Waals surface area contributed by atoms with Crippen molar-refractivity contribution in [3.05, 3.63) is 0 Å². The molecule has 0 saturated carbocycles. The van der Waals surface area contributed by atoms with Gasteiger partial charge in [0.25, 0.3) is 0 Å². The molecule has 0 aliphatic rings. The van der Waals surface area contributed by atoms with Crippen LogP contribution in [0, 0.1) is 0 Å². The zero-order chi connectivity index (χ0) is 8.85. The molecule has 0 aromatic rings. The van der Waals surface area contributed by atoms with Gasteiger partial charge in [0.15, 0.2) is 0 Å². The first kappa shape index (κ1) is 10.9. The third-order valence-electron chi connectivity index (χ3n) is 0.722. The van der Waals surface area contributed by atoms with Crippen LogP contribution >= 0.6 is 22.6 Å². The summed E-state index contributed by atoms with van der Waals surface area (Å²) in [5.74, 6) is 0. The number of ether oxygens (including phenoxy) is 1. The van der Waals surface area contributed by atoms with Crippen LogP contribution in [0.1, 0.15) is 20.8 Å². The van der Waals surface area contributed by atoms with Gasteiger partial charge in [-0.1, -0.05) is 22.6 Å². The first-order valence-electron chi connectivity index (χ1n) is 3.41. The third-order valence-corrected chi connectivity index (χ3v) is 1.04. The van der Waals surface area contributed by atoms with E-state index in [2.05, 4.69) is 27.6 Å². The van der Waals surface area contributed by atoms with Gasteiger partial charge in [0.05, 0.1) is 6.10 Å². The van der Waals surface area contributed by atoms with Crippen LogP contribution in [-0.2, 0) is 4.74 Å². The van der Waals surface area contributed by atoms with Gasteiger partial charge in [0.2, 0.25) is 0 Å². The maximum atomic E-state index is 10.7. The van der Waals surface area contributed by atoms with E-state index in [4.69, 9.17) is 4.74 Å². The zero-order valence-electron chi connectivity index (χ0n) is 6.87. The highest BCUT2D eigenvalue weighted by Crippen LogP contribution is 1.96. The summed E-state index contributed by atoms with van der Waals surface area (Å²) in [5, 5.41) is 0. The van der Waals surface area contributed by atoms with Crippen molar-refractivity contribution in [1.29, 1.82) is 0 Å². The average Bonchev–Trinajstić information content (AvgIpc) is 1.82. The summed E-state index contributed by atoms with van der Waals surface area (Å²) in [6, 6.07) is 0. The van der Waals surface area contributed by atoms with Crippen LogP contribution in [0.25, 0.3) is 0 Å². The van der Waals surface area contributed by atoms with Crippen LogP contribution in [-0.4, -0.2) is 22.3 Å². The molecule has 0 aromatic carbocycles. The van der Waals surface area contributed by atoms with Crippen molar-refractivity contribution in [1.82, 2.24) is 0 Å². The van der Waals surface area contributed by atoms with Gasteiger partial charge in [0.1, 0.15) is 0 Å². The lowest BCUT2D eigenvalue weighted by molar-refractivity contribution is 0.126. The highest BCUT2D eigenvalue weighted by molar-refractivity contribution is 14.1. The zero-order valence-corrected chi connectivity index (χ0v) is 9.03. The minimum absolute atomic E-state index is 0.0934. The summed E-state index contributed by atoms with van der Waals surface area (Å²) in [4.78, 5) is 14.3. The van der Waals surface area contributed by atoms with Crippen molar-refractivity contribution < 1.29 is 9.53 Å². The molecule has 0 radical (unpaired) electrons. The molecule has 0 spiro atoms. The predicted molar refractivity (Wildman–Crippen MR) is 53.6 cm³/mol. The number of carbonyl (C=O) groups excluding carboxylic acids is 1. The Morgan fingerprint density at radius 3 is 2.45 bits per heavy atom. The lowest BCUT2D eigenvalue weighted by Gasteiger charge is -2.02. The number of rotatable bonds is 2. The van der Waals surface area contributed by atoms with E-state index in [9.17, 15) is 4.79 Å². The third kappa shape index (κ3) is 7.77. The molecule has 0 N–H and O–H groups in total. The number of halogens is 1. The van der Waals surface area contributed by atoms with E-state index in [1.165, 1.54) is 0 Å². The maximum Gasteiger partial charge on any atom is 0.433 e.